The Morgan fingerprint density at radius 2 is 2.41 bits per heavy atom. The van der Waals surface area contributed by atoms with E-state index in [1.807, 2.05) is 16.8 Å². The lowest BCUT2D eigenvalue weighted by Crippen LogP contribution is -2.11. The van der Waals surface area contributed by atoms with Crippen LogP contribution in [0.25, 0.3) is 0 Å². The third kappa shape index (κ3) is 2.89. The highest BCUT2D eigenvalue weighted by Gasteiger charge is 2.18. The van der Waals surface area contributed by atoms with Gasteiger partial charge in [0.05, 0.1) is 16.9 Å². The van der Waals surface area contributed by atoms with Crippen molar-refractivity contribution in [3.63, 3.8) is 0 Å². The topological polar surface area (TPSA) is 38.0 Å². The van der Waals surface area contributed by atoms with Crippen LogP contribution in [0.5, 0.6) is 0 Å². The van der Waals surface area contributed by atoms with Crippen molar-refractivity contribution in [1.29, 1.82) is 0 Å². The van der Waals surface area contributed by atoms with E-state index in [1.165, 1.54) is 0 Å². The summed E-state index contributed by atoms with van der Waals surface area (Å²) in [5.74, 6) is 0. The lowest BCUT2D eigenvalue weighted by Gasteiger charge is -2.13. The molecule has 5 heteroatoms. The van der Waals surface area contributed by atoms with Gasteiger partial charge in [-0.1, -0.05) is 18.5 Å². The monoisotopic (exact) mass is 270 g/mol. The fraction of sp³-hybridized carbons (Fsp3) is 0.417. The van der Waals surface area contributed by atoms with Crippen LogP contribution in [0.3, 0.4) is 0 Å². The van der Waals surface area contributed by atoms with Crippen LogP contribution in [0, 0.1) is 0 Å². The quantitative estimate of drug-likeness (QED) is 0.905. The summed E-state index contributed by atoms with van der Waals surface area (Å²) in [6.45, 7) is 2.85. The maximum atomic E-state index is 10.2. The average molecular weight is 271 g/mol. The van der Waals surface area contributed by atoms with Gasteiger partial charge in [-0.15, -0.1) is 0 Å². The number of hydrogen-bond donors (Lipinski definition) is 1. The third-order valence-electron chi connectivity index (χ3n) is 2.59. The minimum atomic E-state index is -0.592. The van der Waals surface area contributed by atoms with E-state index in [-0.39, 0.29) is 0 Å². The first-order valence-electron chi connectivity index (χ1n) is 5.62. The van der Waals surface area contributed by atoms with Gasteiger partial charge in [0, 0.05) is 13.0 Å². The second-order valence-electron chi connectivity index (χ2n) is 3.95. The van der Waals surface area contributed by atoms with Crippen molar-refractivity contribution in [2.45, 2.75) is 32.4 Å². The second kappa shape index (κ2) is 5.67. The number of aliphatic hydroxyl groups excluding tert-OH is 1. The summed E-state index contributed by atoms with van der Waals surface area (Å²) in [4.78, 5) is 0. The van der Waals surface area contributed by atoms with Gasteiger partial charge in [0.2, 0.25) is 0 Å². The van der Waals surface area contributed by atoms with Gasteiger partial charge >= 0.3 is 0 Å². The summed E-state index contributed by atoms with van der Waals surface area (Å²) in [6, 6.07) is 2.02. The van der Waals surface area contributed by atoms with Crippen molar-refractivity contribution in [3.05, 3.63) is 39.3 Å². The lowest BCUT2D eigenvalue weighted by atomic mass is 10.1. The van der Waals surface area contributed by atoms with E-state index in [4.69, 9.17) is 11.6 Å². The highest BCUT2D eigenvalue weighted by molar-refractivity contribution is 7.07. The van der Waals surface area contributed by atoms with E-state index in [1.54, 1.807) is 22.2 Å². The van der Waals surface area contributed by atoms with E-state index in [9.17, 15) is 5.11 Å². The number of thiophene rings is 1. The molecule has 0 fully saturated rings. The molecule has 0 saturated carbocycles. The highest BCUT2D eigenvalue weighted by Crippen LogP contribution is 2.26. The Morgan fingerprint density at radius 1 is 1.59 bits per heavy atom. The van der Waals surface area contributed by atoms with E-state index < -0.39 is 6.10 Å². The van der Waals surface area contributed by atoms with Crippen LogP contribution in [-0.4, -0.2) is 14.9 Å². The summed E-state index contributed by atoms with van der Waals surface area (Å²) >= 11 is 7.71. The molecule has 0 aliphatic carbocycles. The molecule has 0 aliphatic rings. The molecule has 1 atom stereocenters. The lowest BCUT2D eigenvalue weighted by molar-refractivity contribution is 0.167. The molecular formula is C12H15ClN2OS. The number of halogens is 1. The van der Waals surface area contributed by atoms with E-state index in [0.717, 1.165) is 24.2 Å². The summed E-state index contributed by atoms with van der Waals surface area (Å²) in [7, 11) is 0. The Kier molecular flexibility index (Phi) is 4.20. The number of aliphatic hydroxyl groups is 1. The Balaban J connectivity index is 2.17. The summed E-state index contributed by atoms with van der Waals surface area (Å²) in [6.07, 6.45) is 2.56. The van der Waals surface area contributed by atoms with Gasteiger partial charge in [-0.2, -0.15) is 16.4 Å². The zero-order chi connectivity index (χ0) is 12.3. The van der Waals surface area contributed by atoms with Gasteiger partial charge in [0.1, 0.15) is 6.10 Å². The molecule has 1 N–H and O–H groups in total. The van der Waals surface area contributed by atoms with Crippen molar-refractivity contribution in [2.75, 3.05) is 0 Å². The largest absolute Gasteiger partial charge is 0.386 e. The zero-order valence-electron chi connectivity index (χ0n) is 9.64. The van der Waals surface area contributed by atoms with Gasteiger partial charge in [-0.3, -0.25) is 4.68 Å². The molecule has 0 amide bonds. The predicted octanol–water partition coefficient (Wildman–Crippen LogP) is 3.28. The van der Waals surface area contributed by atoms with E-state index >= 15 is 0 Å². The van der Waals surface area contributed by atoms with Crippen molar-refractivity contribution in [2.24, 2.45) is 0 Å². The van der Waals surface area contributed by atoms with Crippen molar-refractivity contribution in [1.82, 2.24) is 9.78 Å². The number of aromatic nitrogens is 2. The number of rotatable bonds is 5. The third-order valence-corrected chi connectivity index (χ3v) is 3.62. The van der Waals surface area contributed by atoms with Gasteiger partial charge < -0.3 is 5.11 Å². The zero-order valence-corrected chi connectivity index (χ0v) is 11.2. The van der Waals surface area contributed by atoms with Crippen molar-refractivity contribution >= 4 is 22.9 Å². The van der Waals surface area contributed by atoms with Crippen LogP contribution in [0.4, 0.5) is 0 Å². The Bertz CT molecular complexity index is 467. The summed E-state index contributed by atoms with van der Waals surface area (Å²) in [5.41, 5.74) is 1.85. The van der Waals surface area contributed by atoms with Crippen LogP contribution in [0.1, 0.15) is 30.7 Å². The number of aryl methyl sites for hydroxylation is 1. The van der Waals surface area contributed by atoms with Crippen molar-refractivity contribution < 1.29 is 5.11 Å². The summed E-state index contributed by atoms with van der Waals surface area (Å²) < 4.78 is 1.79. The average Bonchev–Trinajstić information content (AvgIpc) is 2.89. The molecule has 92 valence electrons. The Labute approximate surface area is 110 Å². The maximum absolute atomic E-state index is 10.2. The minimum Gasteiger partial charge on any atom is -0.386 e. The van der Waals surface area contributed by atoms with Gasteiger partial charge in [0.15, 0.2) is 0 Å². The maximum Gasteiger partial charge on any atom is 0.101 e. The van der Waals surface area contributed by atoms with E-state index in [2.05, 4.69) is 12.0 Å². The van der Waals surface area contributed by atoms with Crippen LogP contribution in [0.2, 0.25) is 5.02 Å². The first-order chi connectivity index (χ1) is 8.22. The molecule has 0 bridgehead atoms. The number of nitrogens with zero attached hydrogens (tertiary/aromatic N) is 2. The smallest absolute Gasteiger partial charge is 0.101 e. The highest BCUT2D eigenvalue weighted by atomic mass is 35.5. The molecule has 2 rings (SSSR count). The first-order valence-corrected chi connectivity index (χ1v) is 6.94. The fourth-order valence-corrected chi connectivity index (χ4v) is 2.77. The molecule has 17 heavy (non-hydrogen) atoms. The molecule has 2 heterocycles. The molecular weight excluding hydrogens is 256 g/mol. The van der Waals surface area contributed by atoms with Gasteiger partial charge in [-0.05, 0) is 28.8 Å². The van der Waals surface area contributed by atoms with Crippen LogP contribution >= 0.6 is 22.9 Å². The normalized spacial score (nSPS) is 12.9. The van der Waals surface area contributed by atoms with Crippen LogP contribution in [-0.2, 0) is 13.0 Å². The molecule has 0 radical (unpaired) electrons. The predicted molar refractivity (Wildman–Crippen MR) is 70.5 cm³/mol. The molecule has 3 nitrogen and oxygen atoms in total. The fourth-order valence-electron chi connectivity index (χ4n) is 1.82. The minimum absolute atomic E-state index is 0.543. The van der Waals surface area contributed by atoms with Crippen molar-refractivity contribution in [3.8, 4) is 0 Å². The van der Waals surface area contributed by atoms with Crippen LogP contribution < -0.4 is 0 Å². The second-order valence-corrected chi connectivity index (χ2v) is 5.14. The molecule has 0 saturated heterocycles. The van der Waals surface area contributed by atoms with E-state index in [0.29, 0.717) is 11.4 Å². The molecule has 2 aromatic rings. The van der Waals surface area contributed by atoms with Gasteiger partial charge in [-0.25, -0.2) is 0 Å². The standard InChI is InChI=1S/C12H15ClN2OS/c1-2-4-15-12(10(13)7-14-15)11(16)6-9-3-5-17-8-9/h3,5,7-8,11,16H,2,4,6H2,1H3. The number of hydrogen-bond acceptors (Lipinski definition) is 3. The first kappa shape index (κ1) is 12.6. The Morgan fingerprint density at radius 3 is 3.06 bits per heavy atom. The van der Waals surface area contributed by atoms with Gasteiger partial charge in [0.25, 0.3) is 0 Å². The molecule has 1 unspecified atom stereocenters. The molecule has 2 aromatic heterocycles. The summed E-state index contributed by atoms with van der Waals surface area (Å²) in [5, 5.41) is 19.0. The SMILES string of the molecule is CCCn1ncc(Cl)c1C(O)Cc1ccsc1. The van der Waals surface area contributed by atoms with Crippen LogP contribution in [0.15, 0.2) is 23.0 Å². The molecule has 0 aliphatic heterocycles. The molecule has 0 aromatic carbocycles. The molecule has 0 spiro atoms. The Hall–Kier alpha value is -0.840.